The topological polar surface area (TPSA) is 146 Å². The fraction of sp³-hybridized carbons (Fsp3) is 0.557. The number of sulfonamides is 3. The van der Waals surface area contributed by atoms with E-state index in [4.69, 9.17) is 34.8 Å². The molecule has 12 rings (SSSR count). The summed E-state index contributed by atoms with van der Waals surface area (Å²) in [7, 11) is -13.3. The highest BCUT2D eigenvalue weighted by atomic mass is 35.5. The zero-order chi connectivity index (χ0) is 103. The molecule has 140 heavy (non-hydrogen) atoms. The Balaban J connectivity index is 0. The van der Waals surface area contributed by atoms with Gasteiger partial charge in [-0.2, -0.15) is 12.9 Å². The summed E-state index contributed by atoms with van der Waals surface area (Å²) < 4.78 is 108. The minimum atomic E-state index is -3.47. The van der Waals surface area contributed by atoms with Crippen LogP contribution in [0.5, 0.6) is 0 Å². The Morgan fingerprint density at radius 1 is 0.286 bits per heavy atom. The van der Waals surface area contributed by atoms with Gasteiger partial charge in [0, 0.05) is 54.3 Å². The number of piperidine rings is 1. The average molecular weight is 2070 g/mol. The number of rotatable bonds is 12. The quantitative estimate of drug-likeness (QED) is 0.117. The fourth-order valence-corrected chi connectivity index (χ4v) is 25.4. The van der Waals surface area contributed by atoms with Crippen LogP contribution in [-0.2, 0) is 88.6 Å². The van der Waals surface area contributed by atoms with E-state index in [9.17, 15) is 33.7 Å². The van der Waals surface area contributed by atoms with Crippen LogP contribution in [0.1, 0.15) is 387 Å². The van der Waals surface area contributed by atoms with E-state index in [1.807, 2.05) is 124 Å². The molecular formula is C122H194Cl3N3O8S4. The Hall–Kier alpha value is -6.47. The van der Waals surface area contributed by atoms with Crippen LogP contribution in [0.15, 0.2) is 220 Å². The molecule has 0 amide bonds. The van der Waals surface area contributed by atoms with Crippen molar-refractivity contribution >= 4 is 74.7 Å². The van der Waals surface area contributed by atoms with E-state index in [0.717, 1.165) is 95.1 Å². The zero-order valence-electron chi connectivity index (χ0n) is 89.8. The van der Waals surface area contributed by atoms with Gasteiger partial charge in [0.2, 0.25) is 30.1 Å². The van der Waals surface area contributed by atoms with E-state index in [1.54, 1.807) is 43.2 Å². The third-order valence-electron chi connectivity index (χ3n) is 23.8. The van der Waals surface area contributed by atoms with Crippen molar-refractivity contribution in [3.8, 4) is 0 Å². The Morgan fingerprint density at radius 3 is 0.807 bits per heavy atom. The maximum absolute atomic E-state index is 13.2. The lowest BCUT2D eigenvalue weighted by Gasteiger charge is -2.29. The molecule has 11 nitrogen and oxygen atoms in total. The molecule has 3 fully saturated rings. The van der Waals surface area contributed by atoms with Gasteiger partial charge in [0.05, 0.1) is 24.8 Å². The summed E-state index contributed by atoms with van der Waals surface area (Å²) in [4.78, 5) is 1.94. The summed E-state index contributed by atoms with van der Waals surface area (Å²) in [5, 5.41) is 2.33. The zero-order valence-corrected chi connectivity index (χ0v) is 95.3. The molecule has 2 heterocycles. The third-order valence-corrected chi connectivity index (χ3v) is 32.5. The first-order chi connectivity index (χ1) is 61.6. The summed E-state index contributed by atoms with van der Waals surface area (Å²) in [5.74, 6) is 0.602. The van der Waals surface area contributed by atoms with E-state index in [1.165, 1.54) is 55.6 Å². The summed E-state index contributed by atoms with van der Waals surface area (Å²) in [6.07, 6.45) is 8.74. The highest BCUT2D eigenvalue weighted by molar-refractivity contribution is 7.92. The van der Waals surface area contributed by atoms with Crippen molar-refractivity contribution in [2.45, 2.75) is 418 Å². The number of nitrogens with zero attached hydrogens (tertiary/aromatic N) is 3. The van der Waals surface area contributed by atoms with Crippen molar-refractivity contribution in [3.05, 3.63) is 293 Å². The van der Waals surface area contributed by atoms with Crippen LogP contribution in [-0.4, -0.2) is 91.1 Å². The van der Waals surface area contributed by atoms with Crippen molar-refractivity contribution in [1.82, 2.24) is 12.9 Å². The van der Waals surface area contributed by atoms with Gasteiger partial charge in [-0.15, -0.1) is 0 Å². The molecule has 0 N–H and O–H groups in total. The average Bonchev–Trinajstić information content (AvgIpc) is 1.15. The smallest absolute Gasteiger partial charge is 0.223 e. The first-order valence-corrected chi connectivity index (χ1v) is 55.7. The van der Waals surface area contributed by atoms with Gasteiger partial charge < -0.3 is 0 Å². The van der Waals surface area contributed by atoms with E-state index in [2.05, 4.69) is 295 Å². The molecule has 18 heteroatoms. The molecular weight excluding hydrogens is 1870 g/mol. The van der Waals surface area contributed by atoms with Crippen LogP contribution in [0.4, 0.5) is 0 Å². The van der Waals surface area contributed by atoms with E-state index in [-0.39, 0.29) is 91.1 Å². The molecule has 1 saturated carbocycles. The Kier molecular flexibility index (Phi) is 55.2. The van der Waals surface area contributed by atoms with E-state index in [0.29, 0.717) is 70.7 Å². The Morgan fingerprint density at radius 2 is 0.543 bits per heavy atom. The van der Waals surface area contributed by atoms with E-state index >= 15 is 0 Å². The number of hydrogen-bond acceptors (Lipinski definition) is 8. The SMILES string of the molecule is C.C.C.C.C.CC(C)(C)c1ccccc1S(=O)(=O)C1CCCC1.CC(C)(C)c1ccccc1S(=O)(=O)N1CCCC1.CC(C)(C)c1ccccc1S(=O)(=O)N1CCCCC1.CC(C)CN(CC(C)C)S(=O)(=O)c1ccccc1C(C)(C)C.Cc1cc(Cl)cc(C(C)(C)C)c1.Cc1cc(Cl)cc(C(C)(C)C)c1.Cc1cc(Cl)cc(C(C)(C)C)c1.Cc1cccc(C(C)(C)C)c1.Cc1ccccc1C(C)(C)C. The van der Waals surface area contributed by atoms with Crippen molar-refractivity contribution in [1.29, 1.82) is 0 Å². The van der Waals surface area contributed by atoms with Gasteiger partial charge in [-0.25, -0.2) is 33.7 Å². The Bertz CT molecular complexity index is 5380. The van der Waals surface area contributed by atoms with Gasteiger partial charge in [0.15, 0.2) is 9.84 Å². The first-order valence-electron chi connectivity index (χ1n) is 48.7. The van der Waals surface area contributed by atoms with Crippen molar-refractivity contribution < 1.29 is 33.7 Å². The van der Waals surface area contributed by atoms with Gasteiger partial charge in [-0.3, -0.25) is 0 Å². The summed E-state index contributed by atoms with van der Waals surface area (Å²) in [6, 6.07) is 65.5. The number of sulfone groups is 1. The van der Waals surface area contributed by atoms with Crippen molar-refractivity contribution in [2.24, 2.45) is 11.8 Å². The van der Waals surface area contributed by atoms with Crippen LogP contribution in [0.25, 0.3) is 0 Å². The maximum Gasteiger partial charge on any atom is 0.243 e. The lowest BCUT2D eigenvalue weighted by atomic mass is 9.84. The molecule has 1 aliphatic carbocycles. The molecule has 0 radical (unpaired) electrons. The normalized spacial score (nSPS) is 14.1. The first kappa shape index (κ1) is 136. The monoisotopic (exact) mass is 2060 g/mol. The van der Waals surface area contributed by atoms with Crippen molar-refractivity contribution in [2.75, 3.05) is 39.3 Å². The molecule has 0 bridgehead atoms. The third kappa shape index (κ3) is 43.7. The molecule has 9 aromatic carbocycles. The number of benzene rings is 9. The minimum absolute atomic E-state index is 0. The predicted octanol–water partition coefficient (Wildman–Crippen LogP) is 35.5. The van der Waals surface area contributed by atoms with Crippen molar-refractivity contribution in [3.63, 3.8) is 0 Å². The molecule has 2 aliphatic heterocycles. The summed E-state index contributed by atoms with van der Waals surface area (Å²) >= 11 is 17.9. The lowest BCUT2D eigenvalue weighted by molar-refractivity contribution is 0.332. The minimum Gasteiger partial charge on any atom is -0.223 e. The molecule has 0 unspecified atom stereocenters. The van der Waals surface area contributed by atoms with Gasteiger partial charge >= 0.3 is 0 Å². The van der Waals surface area contributed by atoms with Crippen LogP contribution < -0.4 is 0 Å². The maximum atomic E-state index is 13.2. The highest BCUT2D eigenvalue weighted by Gasteiger charge is 2.37. The largest absolute Gasteiger partial charge is 0.243 e. The lowest BCUT2D eigenvalue weighted by Crippen LogP contribution is -2.38. The van der Waals surface area contributed by atoms with Crippen LogP contribution in [0, 0.1) is 46.5 Å². The van der Waals surface area contributed by atoms with E-state index < -0.39 is 39.9 Å². The van der Waals surface area contributed by atoms with Gasteiger partial charge in [-0.05, 0) is 267 Å². The molecule has 9 aromatic rings. The number of halogens is 3. The second kappa shape index (κ2) is 57.0. The second-order valence-corrected chi connectivity index (χ2v) is 56.3. The Labute approximate surface area is 876 Å². The molecule has 0 spiro atoms. The molecule has 3 aliphatic rings. The summed E-state index contributed by atoms with van der Waals surface area (Å²) in [6.45, 7) is 80.3. The predicted molar refractivity (Wildman–Crippen MR) is 617 cm³/mol. The van der Waals surface area contributed by atoms with Crippen LogP contribution in [0.2, 0.25) is 15.1 Å². The second-order valence-electron chi connectivity index (χ2n) is 47.1. The van der Waals surface area contributed by atoms with Gasteiger partial charge in [-0.1, -0.05) is 451 Å². The van der Waals surface area contributed by atoms with Gasteiger partial charge in [0.25, 0.3) is 0 Å². The van der Waals surface area contributed by atoms with Crippen LogP contribution >= 0.6 is 34.8 Å². The molecule has 790 valence electrons. The number of hydrogen-bond donors (Lipinski definition) is 0. The number of aryl methyl sites for hydroxylation is 5. The fourth-order valence-electron chi connectivity index (χ4n) is 16.2. The highest BCUT2D eigenvalue weighted by Crippen LogP contribution is 2.40. The molecule has 2 saturated heterocycles. The summed E-state index contributed by atoms with van der Waals surface area (Å²) in [5.41, 5.74) is 17.3. The van der Waals surface area contributed by atoms with Gasteiger partial charge in [0.1, 0.15) is 0 Å². The molecule has 0 aromatic heterocycles. The molecule has 0 atom stereocenters. The standard InChI is InChI=1S/C18H31NO2S.C15H23NO2S.C15H22O2S.C14H21NO2S.3C11H15Cl.2C11H16.5CH4/c1-14(2)12-19(13-15(3)4)22(20,21)17-11-9-8-10-16(17)18(5,6)7;1-15(2,3)13-9-5-6-10-14(13)19(17,18)16-11-7-4-8-12-16;1-15(2,3)13-10-6-7-11-14(13)18(16,17)12-8-4-5-9-12;1-14(2,3)12-8-4-5-9-13(12)18(16,17)15-10-6-7-11-15;3*1-8-5-9(11(2,3)4)7-10(12)6-8;1-9-6-5-7-10(8-9)11(2,3)4;1-9-7-5-6-8-10(9)11(2,3)4;;;;;/h8-11,14-15H,12-13H2,1-7H3;5-6,9-10H,4,7-8,11-12H2,1-3H3;6-7,10-12H,4-5,8-9H2,1-3H3;4-5,8-9H,6-7,10-11H2,1-3H3;3*5-7H,1-4H3;2*5-8H,1-4H3;5*1H4. The van der Waals surface area contributed by atoms with Crippen LogP contribution in [0.3, 0.4) is 0 Å².